The third-order valence-electron chi connectivity index (χ3n) is 1.64. The molecule has 0 rings (SSSR count). The Morgan fingerprint density at radius 1 is 1.00 bits per heavy atom. The Kier molecular flexibility index (Phi) is 8.21. The van der Waals surface area contributed by atoms with E-state index in [4.69, 9.17) is 23.2 Å². The first kappa shape index (κ1) is 11.9. The van der Waals surface area contributed by atoms with Crippen molar-refractivity contribution in [2.45, 2.75) is 37.2 Å². The van der Waals surface area contributed by atoms with Crippen LogP contribution in [-0.4, -0.2) is 22.3 Å². The predicted molar refractivity (Wildman–Crippen MR) is 57.2 cm³/mol. The van der Waals surface area contributed by atoms with Crippen LogP contribution in [0.1, 0.15) is 26.7 Å². The maximum absolute atomic E-state index is 5.76. The van der Waals surface area contributed by atoms with Gasteiger partial charge >= 0.3 is 0 Å². The van der Waals surface area contributed by atoms with Gasteiger partial charge in [-0.2, -0.15) is 11.8 Å². The van der Waals surface area contributed by atoms with Gasteiger partial charge in [0.15, 0.2) is 0 Å². The fourth-order valence-electron chi connectivity index (χ4n) is 0.756. The van der Waals surface area contributed by atoms with Gasteiger partial charge in [0.2, 0.25) is 0 Å². The highest BCUT2D eigenvalue weighted by Crippen LogP contribution is 2.24. The largest absolute Gasteiger partial charge is 0.153 e. The van der Waals surface area contributed by atoms with Crippen LogP contribution in [0.25, 0.3) is 0 Å². The molecule has 0 aliphatic carbocycles. The number of halogens is 2. The second-order valence-corrected chi connectivity index (χ2v) is 4.73. The van der Waals surface area contributed by atoms with Crippen LogP contribution >= 0.6 is 35.0 Å². The van der Waals surface area contributed by atoms with E-state index in [1.165, 1.54) is 0 Å². The summed E-state index contributed by atoms with van der Waals surface area (Å²) in [7, 11) is 0. The molecule has 0 aliphatic rings. The zero-order valence-electron chi connectivity index (χ0n) is 7.15. The molecule has 0 saturated carbocycles. The Morgan fingerprint density at radius 3 is 1.55 bits per heavy atom. The van der Waals surface area contributed by atoms with Gasteiger partial charge in [0.25, 0.3) is 0 Å². The van der Waals surface area contributed by atoms with Crippen molar-refractivity contribution >= 4 is 35.0 Å². The van der Waals surface area contributed by atoms with Crippen LogP contribution in [0.3, 0.4) is 0 Å². The van der Waals surface area contributed by atoms with Crippen molar-refractivity contribution in [2.75, 3.05) is 11.8 Å². The summed E-state index contributed by atoms with van der Waals surface area (Å²) >= 11 is 13.4. The molecule has 0 aromatic carbocycles. The minimum Gasteiger partial charge on any atom is -0.153 e. The van der Waals surface area contributed by atoms with Gasteiger partial charge in [0.1, 0.15) is 0 Å². The van der Waals surface area contributed by atoms with Crippen LogP contribution in [0.2, 0.25) is 0 Å². The van der Waals surface area contributed by atoms with E-state index in [9.17, 15) is 0 Å². The fourth-order valence-corrected chi connectivity index (χ4v) is 2.70. The molecule has 0 radical (unpaired) electrons. The van der Waals surface area contributed by atoms with Gasteiger partial charge in [-0.25, -0.2) is 0 Å². The van der Waals surface area contributed by atoms with Gasteiger partial charge in [-0.1, -0.05) is 13.8 Å². The highest BCUT2D eigenvalue weighted by molar-refractivity contribution is 8.00. The van der Waals surface area contributed by atoms with Crippen LogP contribution in [-0.2, 0) is 0 Å². The summed E-state index contributed by atoms with van der Waals surface area (Å²) < 4.78 is 0. The van der Waals surface area contributed by atoms with Crippen LogP contribution in [0.15, 0.2) is 0 Å². The van der Waals surface area contributed by atoms with E-state index >= 15 is 0 Å². The average molecular weight is 215 g/mol. The quantitative estimate of drug-likeness (QED) is 0.608. The molecule has 0 N–H and O–H groups in total. The highest BCUT2D eigenvalue weighted by atomic mass is 35.5. The van der Waals surface area contributed by atoms with E-state index in [1.807, 2.05) is 11.8 Å². The van der Waals surface area contributed by atoms with E-state index < -0.39 is 0 Å². The monoisotopic (exact) mass is 214 g/mol. The van der Waals surface area contributed by atoms with Gasteiger partial charge in [-0.3, -0.25) is 0 Å². The second kappa shape index (κ2) is 7.57. The standard InChI is InChI=1S/C8H16Cl2S/c1-3-7(5-9)11-8(4-2)6-10/h7-8H,3-6H2,1-2H3. The molecule has 0 aromatic rings. The Hall–Kier alpha value is 0.930. The fraction of sp³-hybridized carbons (Fsp3) is 1.00. The zero-order chi connectivity index (χ0) is 8.69. The summed E-state index contributed by atoms with van der Waals surface area (Å²) in [4.78, 5) is 0. The summed E-state index contributed by atoms with van der Waals surface area (Å²) in [5.41, 5.74) is 0. The lowest BCUT2D eigenvalue weighted by Gasteiger charge is -2.17. The molecule has 0 aliphatic heterocycles. The van der Waals surface area contributed by atoms with Crippen molar-refractivity contribution < 1.29 is 0 Å². The Labute approximate surface area is 84.0 Å². The van der Waals surface area contributed by atoms with Crippen molar-refractivity contribution in [3.05, 3.63) is 0 Å². The predicted octanol–water partition coefficient (Wildman–Crippen LogP) is 3.75. The molecule has 0 bridgehead atoms. The molecule has 11 heavy (non-hydrogen) atoms. The molecular weight excluding hydrogens is 199 g/mol. The molecule has 0 saturated heterocycles. The molecule has 0 spiro atoms. The summed E-state index contributed by atoms with van der Waals surface area (Å²) in [6, 6.07) is 0. The SMILES string of the molecule is CCC(CCl)SC(CC)CCl. The molecule has 0 fully saturated rings. The molecule has 0 aromatic heterocycles. The van der Waals surface area contributed by atoms with Crippen LogP contribution in [0, 0.1) is 0 Å². The number of hydrogen-bond acceptors (Lipinski definition) is 1. The lowest BCUT2D eigenvalue weighted by Crippen LogP contribution is -2.12. The van der Waals surface area contributed by atoms with E-state index in [-0.39, 0.29) is 0 Å². The van der Waals surface area contributed by atoms with Crippen molar-refractivity contribution in [3.63, 3.8) is 0 Å². The number of rotatable bonds is 6. The Bertz CT molecular complexity index is 70.2. The lowest BCUT2D eigenvalue weighted by atomic mass is 10.4. The first-order chi connectivity index (χ1) is 5.28. The third kappa shape index (κ3) is 5.21. The number of thioether (sulfide) groups is 1. The van der Waals surface area contributed by atoms with E-state index in [0.29, 0.717) is 10.5 Å². The van der Waals surface area contributed by atoms with E-state index in [1.54, 1.807) is 0 Å². The molecular formula is C8H16Cl2S. The van der Waals surface area contributed by atoms with Gasteiger partial charge < -0.3 is 0 Å². The van der Waals surface area contributed by atoms with Crippen molar-refractivity contribution in [1.82, 2.24) is 0 Å². The third-order valence-corrected chi connectivity index (χ3v) is 4.52. The summed E-state index contributed by atoms with van der Waals surface area (Å²) in [5, 5.41) is 1.17. The maximum atomic E-state index is 5.76. The topological polar surface area (TPSA) is 0 Å². The Balaban J connectivity index is 3.58. The highest BCUT2D eigenvalue weighted by Gasteiger charge is 2.11. The molecule has 68 valence electrons. The normalized spacial score (nSPS) is 16.4. The Morgan fingerprint density at radius 2 is 1.36 bits per heavy atom. The van der Waals surface area contributed by atoms with Crippen LogP contribution < -0.4 is 0 Å². The van der Waals surface area contributed by atoms with Gasteiger partial charge in [-0.05, 0) is 12.8 Å². The molecule has 2 atom stereocenters. The van der Waals surface area contributed by atoms with Gasteiger partial charge in [0.05, 0.1) is 0 Å². The van der Waals surface area contributed by atoms with Crippen LogP contribution in [0.5, 0.6) is 0 Å². The van der Waals surface area contributed by atoms with Gasteiger partial charge in [-0.15, -0.1) is 23.2 Å². The number of hydrogen-bond donors (Lipinski definition) is 0. The maximum Gasteiger partial charge on any atom is 0.0342 e. The van der Waals surface area contributed by atoms with Crippen molar-refractivity contribution in [2.24, 2.45) is 0 Å². The first-order valence-electron chi connectivity index (χ1n) is 4.05. The molecule has 0 heterocycles. The second-order valence-electron chi connectivity index (χ2n) is 2.51. The lowest BCUT2D eigenvalue weighted by molar-refractivity contribution is 0.867. The van der Waals surface area contributed by atoms with Crippen LogP contribution in [0.4, 0.5) is 0 Å². The minimum absolute atomic E-state index is 0.584. The van der Waals surface area contributed by atoms with Gasteiger partial charge in [0, 0.05) is 22.3 Å². The number of alkyl halides is 2. The molecule has 3 heteroatoms. The van der Waals surface area contributed by atoms with Crippen molar-refractivity contribution in [1.29, 1.82) is 0 Å². The molecule has 0 nitrogen and oxygen atoms in total. The van der Waals surface area contributed by atoms with E-state index in [0.717, 1.165) is 24.6 Å². The van der Waals surface area contributed by atoms with E-state index in [2.05, 4.69) is 13.8 Å². The minimum atomic E-state index is 0.584. The average Bonchev–Trinajstić information content (AvgIpc) is 2.07. The summed E-state index contributed by atoms with van der Waals surface area (Å²) in [6.07, 6.45) is 2.28. The summed E-state index contributed by atoms with van der Waals surface area (Å²) in [5.74, 6) is 1.49. The molecule has 2 unspecified atom stereocenters. The molecule has 0 amide bonds. The van der Waals surface area contributed by atoms with Crippen molar-refractivity contribution in [3.8, 4) is 0 Å². The summed E-state index contributed by atoms with van der Waals surface area (Å²) in [6.45, 7) is 4.34. The smallest absolute Gasteiger partial charge is 0.0342 e. The zero-order valence-corrected chi connectivity index (χ0v) is 9.48. The first-order valence-corrected chi connectivity index (χ1v) is 6.06.